The van der Waals surface area contributed by atoms with E-state index < -0.39 is 51.5 Å². The van der Waals surface area contributed by atoms with E-state index in [1.807, 2.05) is 0 Å². The Hall–Kier alpha value is -0.0400. The average molecular weight is 504 g/mol. The van der Waals surface area contributed by atoms with Crippen molar-refractivity contribution in [2.45, 2.75) is 71.3 Å². The topological polar surface area (TPSA) is 0 Å². The molecule has 0 aliphatic heterocycles. The fourth-order valence-electron chi connectivity index (χ4n) is 3.42. The molecule has 148 valence electrons. The molecule has 0 aromatic rings. The molecule has 0 heterocycles. The van der Waals surface area contributed by atoms with Crippen LogP contribution in [-0.4, -0.2) is 39.2 Å². The Morgan fingerprint density at radius 2 is 0.880 bits per heavy atom. The van der Waals surface area contributed by atoms with Gasteiger partial charge in [0.15, 0.2) is 0 Å². The number of alkyl halides is 12. The fourth-order valence-corrected chi connectivity index (χ4v) is 4.72. The van der Waals surface area contributed by atoms with E-state index in [0.717, 1.165) is 0 Å². The van der Waals surface area contributed by atoms with Crippen LogP contribution in [0.1, 0.15) is 32.1 Å². The second-order valence-electron chi connectivity index (χ2n) is 6.34. The Balaban J connectivity index is 2.77. The third-order valence-electron chi connectivity index (χ3n) is 4.93. The first-order valence-electron chi connectivity index (χ1n) is 7.24. The molecule has 2 fully saturated rings. The maximum Gasteiger partial charge on any atom is 0.384 e. The minimum absolute atomic E-state index is 0.157. The van der Waals surface area contributed by atoms with Gasteiger partial charge in [-0.05, 0) is 12.8 Å². The van der Waals surface area contributed by atoms with E-state index in [-0.39, 0.29) is 25.7 Å². The Bertz CT molecular complexity index is 500. The highest BCUT2D eigenvalue weighted by atomic mass is 127. The average Bonchev–Trinajstić information content (AvgIpc) is 2.69. The molecule has 0 aromatic heterocycles. The van der Waals surface area contributed by atoms with Crippen molar-refractivity contribution in [1.29, 1.82) is 0 Å². The van der Waals surface area contributed by atoms with Crippen LogP contribution in [-0.2, 0) is 0 Å². The summed E-state index contributed by atoms with van der Waals surface area (Å²) in [6.45, 7) is 0. The smallest absolute Gasteiger partial charge is 0.230 e. The number of halogens is 12. The van der Waals surface area contributed by atoms with Crippen molar-refractivity contribution in [2.24, 2.45) is 5.92 Å². The van der Waals surface area contributed by atoms with Crippen LogP contribution < -0.4 is 0 Å². The van der Waals surface area contributed by atoms with Crippen LogP contribution in [0.3, 0.4) is 0 Å². The second kappa shape index (κ2) is 5.73. The largest absolute Gasteiger partial charge is 0.384 e. The van der Waals surface area contributed by atoms with Crippen molar-refractivity contribution < 1.29 is 48.3 Å². The molecule has 0 nitrogen and oxygen atoms in total. The van der Waals surface area contributed by atoms with Gasteiger partial charge in [-0.15, -0.1) is 0 Å². The first kappa shape index (κ1) is 21.3. The summed E-state index contributed by atoms with van der Waals surface area (Å²) >= 11 is 1.24. The molecule has 2 saturated carbocycles. The Kier molecular flexibility index (Phi) is 4.87. The lowest BCUT2D eigenvalue weighted by Gasteiger charge is -2.55. The van der Waals surface area contributed by atoms with Crippen LogP contribution in [0.5, 0.6) is 0 Å². The molecule has 2 aliphatic rings. The van der Waals surface area contributed by atoms with Gasteiger partial charge in [0.05, 0.1) is 0 Å². The van der Waals surface area contributed by atoms with Crippen molar-refractivity contribution in [3.63, 3.8) is 0 Å². The zero-order valence-electron chi connectivity index (χ0n) is 12.2. The lowest BCUT2D eigenvalue weighted by atomic mass is 9.64. The highest BCUT2D eigenvalue weighted by Gasteiger charge is 3.01. The lowest BCUT2D eigenvalue weighted by molar-refractivity contribution is -0.491. The van der Waals surface area contributed by atoms with Crippen molar-refractivity contribution in [3.8, 4) is 0 Å². The third kappa shape index (κ3) is 2.23. The molecule has 2 unspecified atom stereocenters. The molecule has 0 spiro atoms. The Labute approximate surface area is 148 Å². The summed E-state index contributed by atoms with van der Waals surface area (Å²) in [6, 6.07) is 0. The van der Waals surface area contributed by atoms with E-state index in [1.54, 1.807) is 0 Å². The lowest BCUT2D eigenvalue weighted by Crippen LogP contribution is -2.85. The zero-order chi connectivity index (χ0) is 19.7. The van der Waals surface area contributed by atoms with Gasteiger partial charge in [-0.3, -0.25) is 0 Å². The van der Waals surface area contributed by atoms with Crippen molar-refractivity contribution in [3.05, 3.63) is 0 Å². The maximum absolute atomic E-state index is 15.0. The number of hydrogen-bond donors (Lipinski definition) is 0. The van der Waals surface area contributed by atoms with Gasteiger partial charge < -0.3 is 0 Å². The van der Waals surface area contributed by atoms with Crippen LogP contribution in [0.2, 0.25) is 0 Å². The summed E-state index contributed by atoms with van der Waals surface area (Å²) in [4.78, 5) is 0. The molecule has 12 heteroatoms. The molecule has 0 saturated heterocycles. The van der Waals surface area contributed by atoms with E-state index in [2.05, 4.69) is 0 Å². The Morgan fingerprint density at radius 3 is 1.32 bits per heavy atom. The standard InChI is InChI=1S/C13H12F11I/c14-8(6-4-2-1-3-5-7(6)25)9(15,16)11(19,20)13(23,24)12(21,22)10(8,17)18/h6-7H,1-5H2. The summed E-state index contributed by atoms with van der Waals surface area (Å²) in [5.74, 6) is -37.2. The molecular weight excluding hydrogens is 492 g/mol. The predicted molar refractivity (Wildman–Crippen MR) is 73.0 cm³/mol. The van der Waals surface area contributed by atoms with Crippen LogP contribution >= 0.6 is 22.6 Å². The quantitative estimate of drug-likeness (QED) is 0.171. The maximum atomic E-state index is 15.0. The van der Waals surface area contributed by atoms with E-state index in [4.69, 9.17) is 0 Å². The monoisotopic (exact) mass is 504 g/mol. The summed E-state index contributed by atoms with van der Waals surface area (Å²) in [7, 11) is 0. The molecule has 2 aliphatic carbocycles. The minimum Gasteiger partial charge on any atom is -0.230 e. The van der Waals surface area contributed by atoms with Gasteiger partial charge in [0.25, 0.3) is 5.67 Å². The van der Waals surface area contributed by atoms with Crippen LogP contribution in [0.4, 0.5) is 48.3 Å². The zero-order valence-corrected chi connectivity index (χ0v) is 14.4. The predicted octanol–water partition coefficient (Wildman–Crippen LogP) is 6.27. The van der Waals surface area contributed by atoms with E-state index in [1.165, 1.54) is 22.6 Å². The molecule has 0 amide bonds. The number of hydrogen-bond acceptors (Lipinski definition) is 0. The molecule has 2 rings (SSSR count). The highest BCUT2D eigenvalue weighted by Crippen LogP contribution is 2.72. The van der Waals surface area contributed by atoms with Crippen molar-refractivity contribution in [2.75, 3.05) is 0 Å². The minimum atomic E-state index is -7.13. The molecular formula is C13H12F11I. The molecule has 0 radical (unpaired) electrons. The summed E-state index contributed by atoms with van der Waals surface area (Å²) < 4.78 is 150. The van der Waals surface area contributed by atoms with E-state index in [9.17, 15) is 48.3 Å². The molecule has 0 aromatic carbocycles. The van der Waals surface area contributed by atoms with Crippen LogP contribution in [0, 0.1) is 5.92 Å². The summed E-state index contributed by atoms with van der Waals surface area (Å²) in [5, 5.41) is 0. The van der Waals surface area contributed by atoms with Gasteiger partial charge in [0, 0.05) is 9.84 Å². The Morgan fingerprint density at radius 1 is 0.520 bits per heavy atom. The molecule has 0 N–H and O–H groups in total. The van der Waals surface area contributed by atoms with Crippen molar-refractivity contribution >= 4 is 22.6 Å². The van der Waals surface area contributed by atoms with Crippen LogP contribution in [0.15, 0.2) is 0 Å². The SMILES string of the molecule is FC1(F)C(F)(F)C(F)(F)C(F)(C2CCCCCC2I)C(F)(F)C1(F)F. The van der Waals surface area contributed by atoms with Crippen molar-refractivity contribution in [1.82, 2.24) is 0 Å². The van der Waals surface area contributed by atoms with Gasteiger partial charge in [-0.25, -0.2) is 4.39 Å². The fraction of sp³-hybridized carbons (Fsp3) is 1.00. The van der Waals surface area contributed by atoms with Gasteiger partial charge in [-0.1, -0.05) is 41.9 Å². The highest BCUT2D eigenvalue weighted by molar-refractivity contribution is 14.1. The normalized spacial score (nSPS) is 37.9. The van der Waals surface area contributed by atoms with E-state index >= 15 is 0 Å². The van der Waals surface area contributed by atoms with Gasteiger partial charge >= 0.3 is 29.6 Å². The summed E-state index contributed by atoms with van der Waals surface area (Å²) in [5.41, 5.74) is -5.83. The van der Waals surface area contributed by atoms with Gasteiger partial charge in [0.1, 0.15) is 0 Å². The molecule has 0 bridgehead atoms. The first-order chi connectivity index (χ1) is 11.0. The second-order valence-corrected chi connectivity index (χ2v) is 7.94. The van der Waals surface area contributed by atoms with Gasteiger partial charge in [-0.2, -0.15) is 43.9 Å². The van der Waals surface area contributed by atoms with E-state index in [0.29, 0.717) is 0 Å². The first-order valence-corrected chi connectivity index (χ1v) is 8.48. The molecule has 2 atom stereocenters. The molecule has 25 heavy (non-hydrogen) atoms. The third-order valence-corrected chi connectivity index (χ3v) is 6.42. The summed E-state index contributed by atoms with van der Waals surface area (Å²) in [6.07, 6.45) is -0.647. The van der Waals surface area contributed by atoms with Gasteiger partial charge in [0.2, 0.25) is 0 Å². The van der Waals surface area contributed by atoms with Crippen LogP contribution in [0.25, 0.3) is 0 Å². The number of rotatable bonds is 1.